The Hall–Kier alpha value is -4.54. The Balaban J connectivity index is 1.49. The predicted molar refractivity (Wildman–Crippen MR) is 152 cm³/mol. The van der Waals surface area contributed by atoms with E-state index in [4.69, 9.17) is 4.98 Å². The summed E-state index contributed by atoms with van der Waals surface area (Å²) in [5, 5.41) is 6.20. The van der Waals surface area contributed by atoms with E-state index in [1.165, 1.54) is 58.7 Å². The highest BCUT2D eigenvalue weighted by molar-refractivity contribution is 7.25. The summed E-state index contributed by atoms with van der Waals surface area (Å²) >= 11 is 1.80. The number of hydrogen-bond acceptors (Lipinski definition) is 3. The lowest BCUT2D eigenvalue weighted by Crippen LogP contribution is -1.92. The van der Waals surface area contributed by atoms with Gasteiger partial charge in [0.2, 0.25) is 0 Å². The number of nitrogens with zero attached hydrogens (tertiary/aromatic N) is 3. The van der Waals surface area contributed by atoms with E-state index < -0.39 is 0 Å². The van der Waals surface area contributed by atoms with Gasteiger partial charge in [0.25, 0.3) is 0 Å². The quantitative estimate of drug-likeness (QED) is 0.233. The van der Waals surface area contributed by atoms with E-state index in [1.54, 1.807) is 11.3 Å². The van der Waals surface area contributed by atoms with Crippen LogP contribution < -0.4 is 0 Å². The topological polar surface area (TPSA) is 30.2 Å². The Labute approximate surface area is 210 Å². The van der Waals surface area contributed by atoms with Gasteiger partial charge < -0.3 is 0 Å². The maximum absolute atomic E-state index is 4.98. The zero-order valence-corrected chi connectivity index (χ0v) is 20.0. The molecule has 0 unspecified atom stereocenters. The van der Waals surface area contributed by atoms with Crippen molar-refractivity contribution in [3.63, 3.8) is 0 Å². The molecule has 0 aliphatic rings. The van der Waals surface area contributed by atoms with Crippen molar-refractivity contribution >= 4 is 59.0 Å². The standard InChI is InChI=1S/C32H19N3S/c1-3-9-24-22(7-1)29(20-15-17-33-18-16-20)23-8-2-4-10-25(23)30(24)21-13-14-28-34-31-26-11-5-6-12-27(26)36-32(31)35(28)19-21/h1-19H. The van der Waals surface area contributed by atoms with Gasteiger partial charge in [-0.2, -0.15) is 0 Å². The Morgan fingerprint density at radius 2 is 1.14 bits per heavy atom. The van der Waals surface area contributed by atoms with Crippen molar-refractivity contribution in [1.29, 1.82) is 0 Å². The molecular formula is C32H19N3S. The van der Waals surface area contributed by atoms with Crippen LogP contribution in [0.5, 0.6) is 0 Å². The van der Waals surface area contributed by atoms with Gasteiger partial charge in [0.1, 0.15) is 16.0 Å². The number of benzene rings is 4. The van der Waals surface area contributed by atoms with E-state index in [9.17, 15) is 0 Å². The molecule has 4 aromatic carbocycles. The van der Waals surface area contributed by atoms with Gasteiger partial charge in [0.05, 0.1) is 0 Å². The van der Waals surface area contributed by atoms with Gasteiger partial charge in [0.15, 0.2) is 0 Å². The third-order valence-corrected chi connectivity index (χ3v) is 8.27. The van der Waals surface area contributed by atoms with Gasteiger partial charge in [-0.15, -0.1) is 11.3 Å². The lowest BCUT2D eigenvalue weighted by Gasteiger charge is -2.17. The third kappa shape index (κ3) is 2.73. The van der Waals surface area contributed by atoms with E-state index in [-0.39, 0.29) is 0 Å². The van der Waals surface area contributed by atoms with Gasteiger partial charge in [-0.1, -0.05) is 66.7 Å². The molecule has 3 nitrogen and oxygen atoms in total. The first-order chi connectivity index (χ1) is 17.9. The third-order valence-electron chi connectivity index (χ3n) is 7.11. The largest absolute Gasteiger partial charge is 0.290 e. The van der Waals surface area contributed by atoms with Crippen LogP contribution in [-0.4, -0.2) is 14.4 Å². The second kappa shape index (κ2) is 7.48. The first-order valence-electron chi connectivity index (χ1n) is 12.0. The highest BCUT2D eigenvalue weighted by atomic mass is 32.1. The number of imidazole rings is 1. The van der Waals surface area contributed by atoms with Gasteiger partial charge in [-0.05, 0) is 74.1 Å². The summed E-state index contributed by atoms with van der Waals surface area (Å²) in [5.41, 5.74) is 6.93. The Morgan fingerprint density at radius 3 is 1.81 bits per heavy atom. The maximum Gasteiger partial charge on any atom is 0.138 e. The van der Waals surface area contributed by atoms with E-state index in [0.717, 1.165) is 11.2 Å². The normalized spacial score (nSPS) is 11.9. The highest BCUT2D eigenvalue weighted by Crippen LogP contribution is 2.44. The molecular weight excluding hydrogens is 458 g/mol. The van der Waals surface area contributed by atoms with Crippen molar-refractivity contribution in [3.8, 4) is 22.3 Å². The molecule has 0 radical (unpaired) electrons. The van der Waals surface area contributed by atoms with Crippen LogP contribution in [0.25, 0.3) is 69.9 Å². The minimum absolute atomic E-state index is 0.979. The fourth-order valence-corrected chi connectivity index (χ4v) is 6.69. The lowest BCUT2D eigenvalue weighted by molar-refractivity contribution is 1.24. The van der Waals surface area contributed by atoms with Crippen molar-refractivity contribution in [3.05, 3.63) is 116 Å². The summed E-state index contributed by atoms with van der Waals surface area (Å²) in [6.07, 6.45) is 6.01. The monoisotopic (exact) mass is 477 g/mol. The van der Waals surface area contributed by atoms with Crippen LogP contribution in [-0.2, 0) is 0 Å². The summed E-state index contributed by atoms with van der Waals surface area (Å²) in [7, 11) is 0. The molecule has 0 atom stereocenters. The molecule has 0 saturated heterocycles. The molecule has 0 amide bonds. The zero-order chi connectivity index (χ0) is 23.6. The summed E-state index contributed by atoms with van der Waals surface area (Å²) in [6, 6.07) is 34.6. The molecule has 0 aliphatic carbocycles. The van der Waals surface area contributed by atoms with Crippen molar-refractivity contribution in [2.45, 2.75) is 0 Å². The molecule has 0 saturated carbocycles. The van der Waals surface area contributed by atoms with Crippen LogP contribution in [0.2, 0.25) is 0 Å². The van der Waals surface area contributed by atoms with Crippen LogP contribution in [0, 0.1) is 0 Å². The molecule has 0 fully saturated rings. The number of rotatable bonds is 2. The number of fused-ring (bicyclic) bond motifs is 7. The SMILES string of the molecule is c1ccc2c(c1)sc1c2nc2ccc(-c3c4ccccc4c(-c4ccncc4)c4ccccc34)cn21. The molecule has 8 aromatic rings. The van der Waals surface area contributed by atoms with Gasteiger partial charge in [-0.25, -0.2) is 4.98 Å². The number of pyridine rings is 2. The summed E-state index contributed by atoms with van der Waals surface area (Å²) in [5.74, 6) is 0. The number of aromatic nitrogens is 3. The summed E-state index contributed by atoms with van der Waals surface area (Å²) < 4.78 is 3.53. The van der Waals surface area contributed by atoms with Crippen molar-refractivity contribution in [2.75, 3.05) is 0 Å². The molecule has 36 heavy (non-hydrogen) atoms. The second-order valence-electron chi connectivity index (χ2n) is 9.09. The van der Waals surface area contributed by atoms with Crippen molar-refractivity contribution in [2.24, 2.45) is 0 Å². The van der Waals surface area contributed by atoms with Gasteiger partial charge in [-0.3, -0.25) is 9.38 Å². The molecule has 4 heterocycles. The zero-order valence-electron chi connectivity index (χ0n) is 19.2. The minimum atomic E-state index is 0.979. The molecule has 4 aromatic heterocycles. The molecule has 168 valence electrons. The predicted octanol–water partition coefficient (Wildman–Crippen LogP) is 8.74. The average molecular weight is 478 g/mol. The fraction of sp³-hybridized carbons (Fsp3) is 0. The van der Waals surface area contributed by atoms with Crippen LogP contribution in [0.3, 0.4) is 0 Å². The molecule has 0 bridgehead atoms. The first-order valence-corrected chi connectivity index (χ1v) is 12.8. The molecule has 4 heteroatoms. The number of hydrogen-bond donors (Lipinski definition) is 0. The minimum Gasteiger partial charge on any atom is -0.290 e. The average Bonchev–Trinajstić information content (AvgIpc) is 3.48. The maximum atomic E-state index is 4.98. The van der Waals surface area contributed by atoms with Crippen LogP contribution >= 0.6 is 11.3 Å². The van der Waals surface area contributed by atoms with Crippen LogP contribution in [0.4, 0.5) is 0 Å². The van der Waals surface area contributed by atoms with Crippen LogP contribution in [0.1, 0.15) is 0 Å². The van der Waals surface area contributed by atoms with E-state index in [0.29, 0.717) is 0 Å². The lowest BCUT2D eigenvalue weighted by atomic mass is 9.86. The summed E-state index contributed by atoms with van der Waals surface area (Å²) in [6.45, 7) is 0. The smallest absolute Gasteiger partial charge is 0.138 e. The van der Waals surface area contributed by atoms with Gasteiger partial charge in [0, 0.05) is 28.7 Å². The number of thiophene rings is 1. The highest BCUT2D eigenvalue weighted by Gasteiger charge is 2.18. The molecule has 0 aliphatic heterocycles. The van der Waals surface area contributed by atoms with E-state index >= 15 is 0 Å². The Kier molecular flexibility index (Phi) is 4.10. The summed E-state index contributed by atoms with van der Waals surface area (Å²) in [4.78, 5) is 10.4. The molecule has 0 N–H and O–H groups in total. The fourth-order valence-electron chi connectivity index (χ4n) is 5.57. The van der Waals surface area contributed by atoms with E-state index in [2.05, 4.69) is 113 Å². The molecule has 0 spiro atoms. The Morgan fingerprint density at radius 1 is 0.556 bits per heavy atom. The van der Waals surface area contributed by atoms with Crippen molar-refractivity contribution in [1.82, 2.24) is 14.4 Å². The molecule has 8 rings (SSSR count). The van der Waals surface area contributed by atoms with Gasteiger partial charge >= 0.3 is 0 Å². The van der Waals surface area contributed by atoms with Crippen molar-refractivity contribution < 1.29 is 0 Å². The first kappa shape index (κ1) is 19.7. The second-order valence-corrected chi connectivity index (χ2v) is 10.1. The Bertz CT molecular complexity index is 2040. The van der Waals surface area contributed by atoms with E-state index in [1.807, 2.05) is 12.4 Å². The van der Waals surface area contributed by atoms with Crippen LogP contribution in [0.15, 0.2) is 116 Å².